The normalized spacial score (nSPS) is 15.4. The van der Waals surface area contributed by atoms with Crippen LogP contribution in [0, 0.1) is 10.8 Å². The van der Waals surface area contributed by atoms with Gasteiger partial charge in [-0.15, -0.1) is 0 Å². The van der Waals surface area contributed by atoms with Crippen molar-refractivity contribution in [1.29, 1.82) is 0 Å². The summed E-state index contributed by atoms with van der Waals surface area (Å²) in [7, 11) is 5.58. The van der Waals surface area contributed by atoms with Crippen molar-refractivity contribution >= 4 is 11.7 Å². The molecule has 2 unspecified atom stereocenters. The molecule has 0 radical (unpaired) electrons. The van der Waals surface area contributed by atoms with Gasteiger partial charge in [-0.3, -0.25) is 14.5 Å². The van der Waals surface area contributed by atoms with Crippen molar-refractivity contribution in [1.82, 2.24) is 15.1 Å². The highest BCUT2D eigenvalue weighted by molar-refractivity contribution is 5.91. The average molecular weight is 358 g/mol. The molecular formula is C19H39N3O3. The van der Waals surface area contributed by atoms with Gasteiger partial charge in [-0.05, 0) is 33.0 Å². The van der Waals surface area contributed by atoms with Crippen LogP contribution in [0.4, 0.5) is 0 Å². The van der Waals surface area contributed by atoms with Crippen LogP contribution in [0.15, 0.2) is 0 Å². The Hall–Kier alpha value is -0.980. The summed E-state index contributed by atoms with van der Waals surface area (Å²) in [5.41, 5.74) is -0.592. The lowest BCUT2D eigenvalue weighted by molar-refractivity contribution is -0.138. The van der Waals surface area contributed by atoms with Gasteiger partial charge in [-0.1, -0.05) is 41.5 Å². The Morgan fingerprint density at radius 2 is 1.56 bits per heavy atom. The number of amides is 1. The quantitative estimate of drug-likeness (QED) is 0.615. The minimum Gasteiger partial charge on any atom is -0.378 e. The van der Waals surface area contributed by atoms with Crippen LogP contribution < -0.4 is 5.32 Å². The van der Waals surface area contributed by atoms with E-state index in [-0.39, 0.29) is 23.5 Å². The predicted octanol–water partition coefficient (Wildman–Crippen LogP) is 1.72. The van der Waals surface area contributed by atoms with Crippen LogP contribution in [-0.2, 0) is 9.59 Å². The van der Waals surface area contributed by atoms with Gasteiger partial charge < -0.3 is 15.3 Å². The van der Waals surface area contributed by atoms with E-state index >= 15 is 0 Å². The zero-order chi connectivity index (χ0) is 20.0. The first-order valence-corrected chi connectivity index (χ1v) is 9.01. The van der Waals surface area contributed by atoms with Gasteiger partial charge in [0.25, 0.3) is 0 Å². The number of hydrogen-bond acceptors (Lipinski definition) is 5. The summed E-state index contributed by atoms with van der Waals surface area (Å²) < 4.78 is 0. The number of carbonyl (C=O) groups is 2. The number of hydrogen-bond donors (Lipinski definition) is 2. The highest BCUT2D eigenvalue weighted by Crippen LogP contribution is 2.25. The lowest BCUT2D eigenvalue weighted by Gasteiger charge is -2.35. The molecule has 2 atom stereocenters. The number of nitrogens with zero attached hydrogens (tertiary/aromatic N) is 2. The second-order valence-corrected chi connectivity index (χ2v) is 9.40. The first-order chi connectivity index (χ1) is 11.1. The van der Waals surface area contributed by atoms with Gasteiger partial charge in [0.2, 0.25) is 5.91 Å². The maximum absolute atomic E-state index is 12.7. The zero-order valence-corrected chi connectivity index (χ0v) is 17.6. The summed E-state index contributed by atoms with van der Waals surface area (Å²) in [6.07, 6.45) is -0.165. The molecule has 0 bridgehead atoms. The van der Waals surface area contributed by atoms with E-state index in [0.29, 0.717) is 13.0 Å². The Balaban J connectivity index is 5.17. The predicted molar refractivity (Wildman–Crippen MR) is 102 cm³/mol. The van der Waals surface area contributed by atoms with Crippen molar-refractivity contribution in [2.24, 2.45) is 10.8 Å². The molecule has 2 N–H and O–H groups in total. The van der Waals surface area contributed by atoms with E-state index < -0.39 is 17.7 Å². The molecule has 148 valence electrons. The van der Waals surface area contributed by atoms with Crippen molar-refractivity contribution < 1.29 is 14.7 Å². The smallest absolute Gasteiger partial charge is 0.237 e. The Labute approximate surface area is 153 Å². The van der Waals surface area contributed by atoms with Crippen LogP contribution in [0.5, 0.6) is 0 Å². The molecule has 0 aromatic carbocycles. The second-order valence-electron chi connectivity index (χ2n) is 9.40. The minimum absolute atomic E-state index is 0.00932. The van der Waals surface area contributed by atoms with E-state index in [9.17, 15) is 14.7 Å². The maximum Gasteiger partial charge on any atom is 0.237 e. The van der Waals surface area contributed by atoms with E-state index in [2.05, 4.69) is 5.32 Å². The Morgan fingerprint density at radius 3 is 1.96 bits per heavy atom. The van der Waals surface area contributed by atoms with Crippen molar-refractivity contribution in [3.63, 3.8) is 0 Å². The van der Waals surface area contributed by atoms with Crippen molar-refractivity contribution in [3.05, 3.63) is 0 Å². The number of aliphatic hydroxyl groups is 1. The molecule has 0 heterocycles. The van der Waals surface area contributed by atoms with Crippen LogP contribution in [0.3, 0.4) is 0 Å². The highest BCUT2D eigenvalue weighted by Gasteiger charge is 2.34. The lowest BCUT2D eigenvalue weighted by Crippen LogP contribution is -2.52. The van der Waals surface area contributed by atoms with E-state index in [0.717, 1.165) is 6.54 Å². The highest BCUT2D eigenvalue weighted by atomic mass is 16.3. The van der Waals surface area contributed by atoms with Crippen LogP contribution in [0.25, 0.3) is 0 Å². The summed E-state index contributed by atoms with van der Waals surface area (Å²) >= 11 is 0. The Morgan fingerprint density at radius 1 is 1.04 bits per heavy atom. The van der Waals surface area contributed by atoms with E-state index in [1.54, 1.807) is 11.9 Å². The Kier molecular flexibility index (Phi) is 9.27. The molecule has 0 aliphatic heterocycles. The van der Waals surface area contributed by atoms with Gasteiger partial charge in [-0.2, -0.15) is 0 Å². The van der Waals surface area contributed by atoms with Gasteiger partial charge in [0.1, 0.15) is 12.0 Å². The first-order valence-electron chi connectivity index (χ1n) is 9.01. The number of aliphatic hydroxyl groups excluding tert-OH is 1. The lowest BCUT2D eigenvalue weighted by atomic mass is 9.86. The fraction of sp³-hybridized carbons (Fsp3) is 0.895. The zero-order valence-electron chi connectivity index (χ0n) is 17.6. The van der Waals surface area contributed by atoms with Crippen LogP contribution in [0.1, 0.15) is 54.4 Å². The molecule has 6 nitrogen and oxygen atoms in total. The molecule has 0 spiro atoms. The van der Waals surface area contributed by atoms with Crippen LogP contribution in [-0.4, -0.2) is 73.1 Å². The molecule has 0 rings (SSSR count). The summed E-state index contributed by atoms with van der Waals surface area (Å²) in [5.74, 6) is -0.204. The van der Waals surface area contributed by atoms with E-state index in [4.69, 9.17) is 0 Å². The molecule has 0 saturated carbocycles. The fourth-order valence-electron chi connectivity index (χ4n) is 2.32. The first kappa shape index (κ1) is 24.0. The number of nitrogens with one attached hydrogen (secondary N) is 1. The number of ketones is 1. The van der Waals surface area contributed by atoms with Gasteiger partial charge in [0.15, 0.2) is 0 Å². The monoisotopic (exact) mass is 357 g/mol. The third-order valence-electron chi connectivity index (χ3n) is 4.13. The summed E-state index contributed by atoms with van der Waals surface area (Å²) in [6.45, 7) is 12.9. The van der Waals surface area contributed by atoms with Crippen molar-refractivity contribution in [2.45, 2.75) is 66.7 Å². The number of rotatable bonds is 9. The van der Waals surface area contributed by atoms with Crippen molar-refractivity contribution in [3.8, 4) is 0 Å². The molecule has 0 aromatic rings. The van der Waals surface area contributed by atoms with E-state index in [1.165, 1.54) is 0 Å². The summed E-state index contributed by atoms with van der Waals surface area (Å²) in [5, 5.41) is 13.4. The molecule has 0 aliphatic carbocycles. The fourth-order valence-corrected chi connectivity index (χ4v) is 2.32. The van der Waals surface area contributed by atoms with Crippen LogP contribution in [0.2, 0.25) is 0 Å². The minimum atomic E-state index is -0.780. The van der Waals surface area contributed by atoms with Gasteiger partial charge >= 0.3 is 0 Å². The molecule has 0 fully saturated rings. The number of likely N-dealkylation sites (N-methyl/N-ethyl adjacent to an activating group) is 2. The molecule has 0 aliphatic rings. The third-order valence-corrected chi connectivity index (χ3v) is 4.13. The second kappa shape index (κ2) is 9.64. The summed E-state index contributed by atoms with van der Waals surface area (Å²) in [4.78, 5) is 28.7. The Bertz CT molecular complexity index is 436. The van der Waals surface area contributed by atoms with Gasteiger partial charge in [-0.25, -0.2) is 0 Å². The van der Waals surface area contributed by atoms with Gasteiger partial charge in [0, 0.05) is 24.9 Å². The summed E-state index contributed by atoms with van der Waals surface area (Å²) in [6, 6.07) is -0.675. The molecular weight excluding hydrogens is 318 g/mol. The van der Waals surface area contributed by atoms with E-state index in [1.807, 2.05) is 60.5 Å². The average Bonchev–Trinajstić information content (AvgIpc) is 2.40. The maximum atomic E-state index is 12.7. The van der Waals surface area contributed by atoms with Gasteiger partial charge in [0.05, 0.1) is 6.04 Å². The van der Waals surface area contributed by atoms with Crippen molar-refractivity contribution in [2.75, 3.05) is 34.2 Å². The molecule has 0 saturated heterocycles. The number of Topliss-reactive ketones (excluding diaryl/α,β-unsaturated/α-hetero) is 1. The van der Waals surface area contributed by atoms with Crippen LogP contribution >= 0.6 is 0 Å². The molecule has 6 heteroatoms. The third kappa shape index (κ3) is 9.92. The standard InChI is InChI=1S/C19H39N3O3/c1-18(2,3)13-16(24)22(9)14(12-15(23)19(4,5)6)17(25)20-10-11-21(7)8/h14,16,24H,10-13H2,1-9H3,(H,20,25). The molecule has 1 amide bonds. The SMILES string of the molecule is CN(C)CCNC(=O)C(CC(=O)C(C)(C)C)N(C)C(O)CC(C)(C)C. The largest absolute Gasteiger partial charge is 0.378 e. The molecule has 0 aromatic heterocycles. The molecule has 25 heavy (non-hydrogen) atoms. The number of carbonyl (C=O) groups excluding carboxylic acids is 2. The topological polar surface area (TPSA) is 72.9 Å².